The third-order valence-corrected chi connectivity index (χ3v) is 10.6. The molecule has 1 amide bonds. The van der Waals surface area contributed by atoms with E-state index in [2.05, 4.69) is 91.6 Å². The van der Waals surface area contributed by atoms with E-state index >= 15 is 0 Å². The number of fused-ring (bicyclic) bond motifs is 2. The molecule has 2 saturated heterocycles. The number of likely N-dealkylation sites (tertiary alicyclic amines) is 1. The number of carbonyl (C=O) groups is 1. The minimum absolute atomic E-state index is 0.0886. The molecular weight excluding hydrogens is 593 g/mol. The second kappa shape index (κ2) is 13.9. The first kappa shape index (κ1) is 32.7. The van der Waals surface area contributed by atoms with Crippen molar-refractivity contribution in [3.05, 3.63) is 65.6 Å². The summed E-state index contributed by atoms with van der Waals surface area (Å²) < 4.78 is 20.3. The van der Waals surface area contributed by atoms with E-state index in [-0.39, 0.29) is 19.0 Å². The zero-order valence-corrected chi connectivity index (χ0v) is 28.1. The van der Waals surface area contributed by atoms with Crippen molar-refractivity contribution in [1.29, 1.82) is 5.26 Å². The molecule has 47 heavy (non-hydrogen) atoms. The molecule has 0 bridgehead atoms. The first-order valence-electron chi connectivity index (χ1n) is 16.9. The zero-order chi connectivity index (χ0) is 33.2. The van der Waals surface area contributed by atoms with Gasteiger partial charge in [-0.05, 0) is 55.7 Å². The minimum Gasteiger partial charge on any atom is -0.462 e. The predicted octanol–water partition coefficient (Wildman–Crippen LogP) is 5.66. The summed E-state index contributed by atoms with van der Waals surface area (Å²) in [4.78, 5) is 31.0. The Morgan fingerprint density at radius 3 is 2.64 bits per heavy atom. The topological polar surface area (TPSA) is 88.8 Å². The Balaban J connectivity index is 1.32. The van der Waals surface area contributed by atoms with Crippen LogP contribution in [0.25, 0.3) is 10.8 Å². The van der Waals surface area contributed by atoms with Crippen LogP contribution in [0, 0.1) is 30.1 Å². The van der Waals surface area contributed by atoms with Gasteiger partial charge in [-0.1, -0.05) is 57.2 Å². The summed E-state index contributed by atoms with van der Waals surface area (Å²) in [5, 5.41) is 12.0. The molecule has 0 radical (unpaired) electrons. The smallest absolute Gasteiger partial charge is 0.318 e. The molecular formula is C37H46FN7O2. The third-order valence-electron chi connectivity index (χ3n) is 10.6. The number of rotatable bonds is 8. The normalized spacial score (nSPS) is 23.4. The van der Waals surface area contributed by atoms with Gasteiger partial charge >= 0.3 is 6.01 Å². The van der Waals surface area contributed by atoms with Gasteiger partial charge in [0.15, 0.2) is 5.83 Å². The molecule has 9 nitrogen and oxygen atoms in total. The Morgan fingerprint density at radius 2 is 1.89 bits per heavy atom. The Bertz CT molecular complexity index is 1680. The molecule has 2 fully saturated rings. The van der Waals surface area contributed by atoms with Crippen LogP contribution in [-0.2, 0) is 17.8 Å². The maximum Gasteiger partial charge on any atom is 0.318 e. The highest BCUT2D eigenvalue weighted by Gasteiger charge is 2.35. The van der Waals surface area contributed by atoms with E-state index in [0.717, 1.165) is 43.0 Å². The number of piperidine rings is 1. The van der Waals surface area contributed by atoms with Crippen LogP contribution in [0.4, 0.5) is 15.9 Å². The van der Waals surface area contributed by atoms with Crippen LogP contribution in [0.1, 0.15) is 49.9 Å². The molecule has 0 spiro atoms. The van der Waals surface area contributed by atoms with Crippen LogP contribution in [-0.4, -0.2) is 84.1 Å². The van der Waals surface area contributed by atoms with Gasteiger partial charge in [-0.3, -0.25) is 9.69 Å². The van der Waals surface area contributed by atoms with Gasteiger partial charge in [-0.25, -0.2) is 4.39 Å². The van der Waals surface area contributed by atoms with Gasteiger partial charge in [0.25, 0.3) is 5.91 Å². The molecule has 0 aliphatic carbocycles. The summed E-state index contributed by atoms with van der Waals surface area (Å²) in [5.74, 6) is 0.333. The van der Waals surface area contributed by atoms with Gasteiger partial charge in [-0.15, -0.1) is 0 Å². The average molecular weight is 640 g/mol. The molecule has 3 aliphatic rings. The highest BCUT2D eigenvalue weighted by atomic mass is 19.1. The fourth-order valence-corrected chi connectivity index (χ4v) is 7.84. The Hall–Kier alpha value is -4.23. The van der Waals surface area contributed by atoms with Crippen molar-refractivity contribution in [2.24, 2.45) is 11.8 Å². The van der Waals surface area contributed by atoms with Crippen LogP contribution in [0.2, 0.25) is 0 Å². The lowest BCUT2D eigenvalue weighted by Crippen LogP contribution is -2.55. The molecule has 1 aromatic heterocycles. The summed E-state index contributed by atoms with van der Waals surface area (Å²) in [6.45, 7) is 14.0. The number of amides is 1. The third kappa shape index (κ3) is 6.64. The highest BCUT2D eigenvalue weighted by Crippen LogP contribution is 2.36. The van der Waals surface area contributed by atoms with Crippen molar-refractivity contribution in [2.75, 3.05) is 56.2 Å². The maximum absolute atomic E-state index is 13.9. The number of anilines is 2. The maximum atomic E-state index is 13.9. The standard InChI is InChI=1S/C37H46FN7O2/c1-6-27-20-42(5)30(19-25(27)3)23-47-37-40-32-22-43(33-12-8-11-28-10-7-9-24(2)34(28)33)16-14-31(32)35(41-37)44-17-18-45(36(46)26(4)38)29(21-44)13-15-39/h7-12,25,27,29-30H,4,6,13-14,16-23H2,1-3,5H3/t25?,27-,29-,30+/m0/s1. The Labute approximate surface area is 277 Å². The van der Waals surface area contributed by atoms with Crippen molar-refractivity contribution in [3.8, 4) is 12.1 Å². The Morgan fingerprint density at radius 1 is 1.11 bits per heavy atom. The number of ether oxygens (including phenoxy) is 1. The second-order valence-electron chi connectivity index (χ2n) is 13.5. The summed E-state index contributed by atoms with van der Waals surface area (Å²) in [6, 6.07) is 15.2. The van der Waals surface area contributed by atoms with Crippen molar-refractivity contribution in [2.45, 2.75) is 65.1 Å². The van der Waals surface area contributed by atoms with Gasteiger partial charge in [0, 0.05) is 55.4 Å². The fourth-order valence-electron chi connectivity index (χ4n) is 7.84. The molecule has 6 rings (SSSR count). The van der Waals surface area contributed by atoms with Crippen molar-refractivity contribution < 1.29 is 13.9 Å². The molecule has 0 saturated carbocycles. The lowest BCUT2D eigenvalue weighted by atomic mass is 9.82. The molecule has 10 heteroatoms. The summed E-state index contributed by atoms with van der Waals surface area (Å²) in [5.41, 5.74) is 4.40. The number of carbonyl (C=O) groups excluding carboxylic acids is 1. The zero-order valence-electron chi connectivity index (χ0n) is 28.1. The molecule has 2 aromatic carbocycles. The largest absolute Gasteiger partial charge is 0.462 e. The minimum atomic E-state index is -1.01. The lowest BCUT2D eigenvalue weighted by Gasteiger charge is -2.42. The quantitative estimate of drug-likeness (QED) is 0.292. The van der Waals surface area contributed by atoms with E-state index in [1.54, 1.807) is 0 Å². The summed E-state index contributed by atoms with van der Waals surface area (Å²) in [6.07, 6.45) is 3.06. The first-order chi connectivity index (χ1) is 22.7. The molecule has 0 N–H and O–H groups in total. The van der Waals surface area contributed by atoms with E-state index in [0.29, 0.717) is 44.1 Å². The number of nitriles is 1. The molecule has 1 unspecified atom stereocenters. The number of benzene rings is 2. The summed E-state index contributed by atoms with van der Waals surface area (Å²) in [7, 11) is 2.17. The average Bonchev–Trinajstić information content (AvgIpc) is 3.07. The fraction of sp³-hybridized carbons (Fsp3) is 0.514. The monoisotopic (exact) mass is 639 g/mol. The number of hydrogen-bond donors (Lipinski definition) is 0. The lowest BCUT2D eigenvalue weighted by molar-refractivity contribution is -0.131. The van der Waals surface area contributed by atoms with E-state index in [9.17, 15) is 14.4 Å². The van der Waals surface area contributed by atoms with Crippen LogP contribution >= 0.6 is 0 Å². The molecule has 3 aliphatic heterocycles. The van der Waals surface area contributed by atoms with Crippen LogP contribution in [0.3, 0.4) is 0 Å². The molecule has 4 heterocycles. The molecule has 4 atom stereocenters. The van der Waals surface area contributed by atoms with E-state index < -0.39 is 17.8 Å². The Kier molecular flexibility index (Phi) is 9.65. The van der Waals surface area contributed by atoms with Crippen molar-refractivity contribution in [3.63, 3.8) is 0 Å². The number of hydrogen-bond acceptors (Lipinski definition) is 8. The van der Waals surface area contributed by atoms with E-state index in [1.165, 1.54) is 33.3 Å². The van der Waals surface area contributed by atoms with Gasteiger partial charge in [0.2, 0.25) is 0 Å². The van der Waals surface area contributed by atoms with Crippen LogP contribution in [0.15, 0.2) is 48.8 Å². The van der Waals surface area contributed by atoms with E-state index in [1.807, 2.05) is 0 Å². The second-order valence-corrected chi connectivity index (χ2v) is 13.5. The number of nitrogens with zero attached hydrogens (tertiary/aromatic N) is 7. The van der Waals surface area contributed by atoms with Gasteiger partial charge in [0.05, 0.1) is 30.8 Å². The molecule has 248 valence electrons. The summed E-state index contributed by atoms with van der Waals surface area (Å²) >= 11 is 0. The van der Waals surface area contributed by atoms with Gasteiger partial charge in [0.1, 0.15) is 12.4 Å². The highest BCUT2D eigenvalue weighted by molar-refractivity contribution is 5.97. The van der Waals surface area contributed by atoms with Crippen LogP contribution in [0.5, 0.6) is 6.01 Å². The predicted molar refractivity (Wildman–Crippen MR) is 183 cm³/mol. The van der Waals surface area contributed by atoms with Crippen molar-refractivity contribution in [1.82, 2.24) is 19.8 Å². The SMILES string of the molecule is C=C(F)C(=O)N1CCN(c2nc(OC[C@H]3CC(C)[C@@H](CC)CN3C)nc3c2CCN(c2cccc4cccc(C)c24)C3)C[C@@H]1CC#N. The van der Waals surface area contributed by atoms with Crippen LogP contribution < -0.4 is 14.5 Å². The number of likely N-dealkylation sites (N-methyl/N-ethyl adjacent to an activating group) is 1. The van der Waals surface area contributed by atoms with Gasteiger partial charge in [-0.2, -0.15) is 15.2 Å². The number of halogens is 1. The number of aromatic nitrogens is 2. The number of aryl methyl sites for hydroxylation is 1. The van der Waals surface area contributed by atoms with Crippen molar-refractivity contribution >= 4 is 28.2 Å². The van der Waals surface area contributed by atoms with Gasteiger partial charge < -0.3 is 19.4 Å². The van der Waals surface area contributed by atoms with E-state index in [4.69, 9.17) is 14.7 Å². The first-order valence-corrected chi connectivity index (χ1v) is 16.9. The number of piperazine rings is 1. The molecule has 3 aromatic rings.